The molecule has 1 aromatic heterocycles. The van der Waals surface area contributed by atoms with E-state index in [-0.39, 0.29) is 17.6 Å². The van der Waals surface area contributed by atoms with Gasteiger partial charge in [0.1, 0.15) is 0 Å². The minimum absolute atomic E-state index is 0.118. The Morgan fingerprint density at radius 3 is 2.64 bits per heavy atom. The Hall–Kier alpha value is -2.23. The third-order valence-corrected chi connectivity index (χ3v) is 6.61. The quantitative estimate of drug-likeness (QED) is 0.390. The van der Waals surface area contributed by atoms with Crippen molar-refractivity contribution in [2.24, 2.45) is 0 Å². The van der Waals surface area contributed by atoms with Gasteiger partial charge in [0.25, 0.3) is 5.91 Å². The van der Waals surface area contributed by atoms with Crippen molar-refractivity contribution in [1.29, 1.82) is 0 Å². The molecule has 3 rings (SSSR count). The Bertz CT molecular complexity index is 1020. The molecule has 0 aliphatic rings. The van der Waals surface area contributed by atoms with Gasteiger partial charge < -0.3 is 5.32 Å². The van der Waals surface area contributed by atoms with Gasteiger partial charge in [-0.2, -0.15) is 0 Å². The molecule has 0 aliphatic carbocycles. The van der Waals surface area contributed by atoms with E-state index in [0.717, 1.165) is 16.8 Å². The molecule has 2 N–H and O–H groups in total. The minimum atomic E-state index is -0.271. The predicted octanol–water partition coefficient (Wildman–Crippen LogP) is 4.90. The molecular weight excluding hydrogens is 460 g/mol. The van der Waals surface area contributed by atoms with Crippen LogP contribution in [0.1, 0.15) is 21.5 Å². The van der Waals surface area contributed by atoms with Crippen LogP contribution >= 0.6 is 39.0 Å². The third kappa shape index (κ3) is 5.18. The van der Waals surface area contributed by atoms with Crippen LogP contribution in [0.25, 0.3) is 0 Å². The number of benzene rings is 2. The van der Waals surface area contributed by atoms with E-state index in [0.29, 0.717) is 19.5 Å². The Kier molecular flexibility index (Phi) is 6.82. The number of thioether (sulfide) groups is 1. The van der Waals surface area contributed by atoms with E-state index >= 15 is 0 Å². The van der Waals surface area contributed by atoms with Crippen LogP contribution in [0, 0.1) is 13.8 Å². The van der Waals surface area contributed by atoms with Gasteiger partial charge in [-0.3, -0.25) is 14.9 Å². The van der Waals surface area contributed by atoms with Gasteiger partial charge in [0.2, 0.25) is 11.0 Å². The molecule has 1 heterocycles. The van der Waals surface area contributed by atoms with Crippen molar-refractivity contribution in [3.63, 3.8) is 0 Å². The topological polar surface area (TPSA) is 84.0 Å². The van der Waals surface area contributed by atoms with Crippen LogP contribution < -0.4 is 10.6 Å². The highest BCUT2D eigenvalue weighted by Gasteiger charge is 2.14. The summed E-state index contributed by atoms with van der Waals surface area (Å²) >= 11 is 5.86. The number of aryl methyl sites for hydroxylation is 1. The summed E-state index contributed by atoms with van der Waals surface area (Å²) in [4.78, 5) is 24.5. The van der Waals surface area contributed by atoms with E-state index < -0.39 is 0 Å². The number of halogens is 1. The highest BCUT2D eigenvalue weighted by atomic mass is 79.9. The van der Waals surface area contributed by atoms with Crippen molar-refractivity contribution in [3.05, 3.63) is 63.6 Å². The molecular formula is C19H17BrN4O2S2. The number of nitrogens with one attached hydrogen (secondary N) is 2. The second-order valence-corrected chi connectivity index (χ2v) is 8.95. The van der Waals surface area contributed by atoms with Crippen LogP contribution in [0.15, 0.2) is 51.3 Å². The van der Waals surface area contributed by atoms with Crippen LogP contribution in [-0.4, -0.2) is 27.8 Å². The lowest BCUT2D eigenvalue weighted by Gasteiger charge is -2.09. The zero-order chi connectivity index (χ0) is 20.1. The number of rotatable bonds is 6. The van der Waals surface area contributed by atoms with E-state index in [4.69, 9.17) is 0 Å². The summed E-state index contributed by atoms with van der Waals surface area (Å²) in [6.45, 7) is 3.98. The van der Waals surface area contributed by atoms with Gasteiger partial charge in [-0.05, 0) is 59.1 Å². The number of aromatic nitrogens is 2. The summed E-state index contributed by atoms with van der Waals surface area (Å²) in [5, 5.41) is 14.0. The molecule has 6 nitrogen and oxygen atoms in total. The maximum absolute atomic E-state index is 12.3. The van der Waals surface area contributed by atoms with Gasteiger partial charge in [-0.25, -0.2) is 0 Å². The SMILES string of the molecule is Cc1cccc(NC(=O)CSc2nnc(NC(=O)c3ccccc3Br)s2)c1C. The Labute approximate surface area is 179 Å². The molecule has 28 heavy (non-hydrogen) atoms. The maximum Gasteiger partial charge on any atom is 0.258 e. The molecule has 2 amide bonds. The molecule has 0 spiro atoms. The normalized spacial score (nSPS) is 10.5. The third-order valence-electron chi connectivity index (χ3n) is 3.95. The van der Waals surface area contributed by atoms with Crippen LogP contribution in [0.4, 0.5) is 10.8 Å². The van der Waals surface area contributed by atoms with E-state index in [2.05, 4.69) is 36.8 Å². The molecule has 0 atom stereocenters. The van der Waals surface area contributed by atoms with Crippen molar-refractivity contribution in [1.82, 2.24) is 10.2 Å². The molecule has 9 heteroatoms. The second-order valence-electron chi connectivity index (χ2n) is 5.89. The summed E-state index contributed by atoms with van der Waals surface area (Å²) < 4.78 is 1.31. The highest BCUT2D eigenvalue weighted by molar-refractivity contribution is 9.10. The first kappa shape index (κ1) is 20.5. The molecule has 0 radical (unpaired) electrons. The molecule has 144 valence electrons. The summed E-state index contributed by atoms with van der Waals surface area (Å²) in [6.07, 6.45) is 0. The molecule has 0 aliphatic heterocycles. The van der Waals surface area contributed by atoms with Crippen LogP contribution in [0.3, 0.4) is 0 Å². The Morgan fingerprint density at radius 1 is 1.07 bits per heavy atom. The standard InChI is InChI=1S/C19H17BrN4O2S2/c1-11-6-5-9-15(12(11)2)21-16(25)10-27-19-24-23-18(28-19)22-17(26)13-7-3-4-8-14(13)20/h3-9H,10H2,1-2H3,(H,21,25)(H,22,23,26). The van der Waals surface area contributed by atoms with Crippen LogP contribution in [-0.2, 0) is 4.79 Å². The van der Waals surface area contributed by atoms with Gasteiger partial charge >= 0.3 is 0 Å². The average molecular weight is 477 g/mol. The Balaban J connectivity index is 1.54. The van der Waals surface area contributed by atoms with Gasteiger partial charge in [-0.15, -0.1) is 10.2 Å². The molecule has 0 unspecified atom stereocenters. The monoisotopic (exact) mass is 476 g/mol. The maximum atomic E-state index is 12.3. The van der Waals surface area contributed by atoms with Crippen molar-refractivity contribution < 1.29 is 9.59 Å². The minimum Gasteiger partial charge on any atom is -0.325 e. The summed E-state index contributed by atoms with van der Waals surface area (Å²) in [7, 11) is 0. The molecule has 0 saturated carbocycles. The van der Waals surface area contributed by atoms with Crippen LogP contribution in [0.5, 0.6) is 0 Å². The first-order chi connectivity index (χ1) is 13.4. The number of anilines is 2. The van der Waals surface area contributed by atoms with E-state index in [1.807, 2.05) is 38.1 Å². The largest absolute Gasteiger partial charge is 0.325 e. The lowest BCUT2D eigenvalue weighted by Crippen LogP contribution is -2.15. The van der Waals surface area contributed by atoms with E-state index in [1.165, 1.54) is 23.1 Å². The molecule has 0 bridgehead atoms. The first-order valence-electron chi connectivity index (χ1n) is 8.32. The number of nitrogens with zero attached hydrogens (tertiary/aromatic N) is 2. The smallest absolute Gasteiger partial charge is 0.258 e. The first-order valence-corrected chi connectivity index (χ1v) is 10.9. The van der Waals surface area contributed by atoms with Crippen molar-refractivity contribution in [2.45, 2.75) is 18.2 Å². The number of carbonyl (C=O) groups is 2. The summed E-state index contributed by atoms with van der Waals surface area (Å²) in [5.41, 5.74) is 3.50. The van der Waals surface area contributed by atoms with Gasteiger partial charge in [0.15, 0.2) is 4.34 Å². The fourth-order valence-electron chi connectivity index (χ4n) is 2.33. The summed E-state index contributed by atoms with van der Waals surface area (Å²) in [6, 6.07) is 12.9. The van der Waals surface area contributed by atoms with Crippen molar-refractivity contribution in [3.8, 4) is 0 Å². The van der Waals surface area contributed by atoms with E-state index in [9.17, 15) is 9.59 Å². The molecule has 0 fully saturated rings. The zero-order valence-electron chi connectivity index (χ0n) is 15.2. The second kappa shape index (κ2) is 9.31. The number of carbonyl (C=O) groups excluding carboxylic acids is 2. The number of hydrogen-bond acceptors (Lipinski definition) is 6. The Morgan fingerprint density at radius 2 is 1.86 bits per heavy atom. The fourth-order valence-corrected chi connectivity index (χ4v) is 4.34. The van der Waals surface area contributed by atoms with Gasteiger partial charge in [0, 0.05) is 10.2 Å². The molecule has 2 aromatic carbocycles. The highest BCUT2D eigenvalue weighted by Crippen LogP contribution is 2.27. The van der Waals surface area contributed by atoms with Crippen molar-refractivity contribution in [2.75, 3.05) is 16.4 Å². The molecule has 0 saturated heterocycles. The van der Waals surface area contributed by atoms with Crippen LogP contribution in [0.2, 0.25) is 0 Å². The van der Waals surface area contributed by atoms with E-state index in [1.54, 1.807) is 18.2 Å². The lowest BCUT2D eigenvalue weighted by atomic mass is 10.1. The van der Waals surface area contributed by atoms with Crippen molar-refractivity contribution >= 4 is 61.7 Å². The fraction of sp³-hybridized carbons (Fsp3) is 0.158. The van der Waals surface area contributed by atoms with Gasteiger partial charge in [0.05, 0.1) is 11.3 Å². The molecule has 3 aromatic rings. The predicted molar refractivity (Wildman–Crippen MR) is 117 cm³/mol. The lowest BCUT2D eigenvalue weighted by molar-refractivity contribution is -0.113. The van der Waals surface area contributed by atoms with Gasteiger partial charge in [-0.1, -0.05) is 47.4 Å². The summed E-state index contributed by atoms with van der Waals surface area (Å²) in [5.74, 6) is -0.180. The average Bonchev–Trinajstić information content (AvgIpc) is 3.11. The number of hydrogen-bond donors (Lipinski definition) is 2. The zero-order valence-corrected chi connectivity index (χ0v) is 18.4. The number of amides is 2.